The number of amides is 2. The maximum atomic E-state index is 12.1. The zero-order valence-corrected chi connectivity index (χ0v) is 12.9. The van der Waals surface area contributed by atoms with Crippen LogP contribution in [0.25, 0.3) is 0 Å². The van der Waals surface area contributed by atoms with E-state index >= 15 is 0 Å². The van der Waals surface area contributed by atoms with Crippen LogP contribution in [0.4, 0.5) is 4.79 Å². The smallest absolute Gasteiger partial charge is 0.315 e. The summed E-state index contributed by atoms with van der Waals surface area (Å²) in [6.45, 7) is 2.34. The summed E-state index contributed by atoms with van der Waals surface area (Å²) in [6, 6.07) is -0.235. The third-order valence-corrected chi connectivity index (χ3v) is 4.45. The highest BCUT2D eigenvalue weighted by Crippen LogP contribution is 2.32. The van der Waals surface area contributed by atoms with Crippen molar-refractivity contribution in [2.24, 2.45) is 13.0 Å². The highest BCUT2D eigenvalue weighted by Gasteiger charge is 2.35. The monoisotopic (exact) mass is 294 g/mol. The average molecular weight is 294 g/mol. The molecule has 118 valence electrons. The summed E-state index contributed by atoms with van der Waals surface area (Å²) in [5.74, 6) is 0.348. The number of nitrogens with one attached hydrogen (secondary N) is 2. The van der Waals surface area contributed by atoms with E-state index in [-0.39, 0.29) is 12.6 Å². The van der Waals surface area contributed by atoms with Crippen LogP contribution in [-0.4, -0.2) is 33.1 Å². The van der Waals surface area contributed by atoms with Gasteiger partial charge in [0.15, 0.2) is 0 Å². The zero-order valence-electron chi connectivity index (χ0n) is 12.9. The fourth-order valence-corrected chi connectivity index (χ4v) is 3.06. The molecule has 3 N–H and O–H groups in total. The zero-order chi connectivity index (χ0) is 15.3. The van der Waals surface area contributed by atoms with Gasteiger partial charge in [0.1, 0.15) is 0 Å². The molecular weight excluding hydrogens is 268 g/mol. The van der Waals surface area contributed by atoms with Gasteiger partial charge in [-0.1, -0.05) is 19.3 Å². The van der Waals surface area contributed by atoms with E-state index in [2.05, 4.69) is 15.7 Å². The number of aromatic nitrogens is 2. The Kier molecular flexibility index (Phi) is 5.22. The van der Waals surface area contributed by atoms with E-state index in [4.69, 9.17) is 0 Å². The van der Waals surface area contributed by atoms with Gasteiger partial charge in [-0.15, -0.1) is 0 Å². The standard InChI is InChI=1S/C15H26N4O2/c1-15(11-20,13-6-4-3-5-7-13)18-14(21)16-8-12-9-17-19(2)10-12/h9-10,13,20H,3-8,11H2,1-2H3,(H2,16,18,21). The molecule has 21 heavy (non-hydrogen) atoms. The lowest BCUT2D eigenvalue weighted by atomic mass is 9.76. The summed E-state index contributed by atoms with van der Waals surface area (Å²) in [5.41, 5.74) is 0.412. The maximum Gasteiger partial charge on any atom is 0.315 e. The van der Waals surface area contributed by atoms with E-state index in [0.29, 0.717) is 12.5 Å². The quantitative estimate of drug-likeness (QED) is 0.771. The van der Waals surface area contributed by atoms with Crippen LogP contribution < -0.4 is 10.6 Å². The Labute approximate surface area is 125 Å². The lowest BCUT2D eigenvalue weighted by molar-refractivity contribution is 0.101. The first-order chi connectivity index (χ1) is 10.0. The number of aliphatic hydroxyl groups excluding tert-OH is 1. The van der Waals surface area contributed by atoms with Crippen molar-refractivity contribution >= 4 is 6.03 Å². The van der Waals surface area contributed by atoms with E-state index in [0.717, 1.165) is 18.4 Å². The summed E-state index contributed by atoms with van der Waals surface area (Å²) in [7, 11) is 1.84. The van der Waals surface area contributed by atoms with Crippen LogP contribution in [0, 0.1) is 5.92 Å². The van der Waals surface area contributed by atoms with Crippen molar-refractivity contribution in [3.63, 3.8) is 0 Å². The predicted octanol–water partition coefficient (Wildman–Crippen LogP) is 1.55. The van der Waals surface area contributed by atoms with Crippen LogP contribution in [0.5, 0.6) is 0 Å². The van der Waals surface area contributed by atoms with Crippen molar-refractivity contribution in [2.45, 2.75) is 51.1 Å². The number of carbonyl (C=O) groups is 1. The first-order valence-corrected chi connectivity index (χ1v) is 7.68. The van der Waals surface area contributed by atoms with Crippen molar-refractivity contribution in [2.75, 3.05) is 6.61 Å². The van der Waals surface area contributed by atoms with Crippen LogP contribution in [0.2, 0.25) is 0 Å². The molecule has 6 heteroatoms. The Balaban J connectivity index is 1.86. The van der Waals surface area contributed by atoms with E-state index in [9.17, 15) is 9.90 Å². The second-order valence-electron chi connectivity index (χ2n) is 6.24. The molecule has 1 atom stereocenters. The van der Waals surface area contributed by atoms with E-state index in [1.54, 1.807) is 10.9 Å². The molecule has 0 bridgehead atoms. The van der Waals surface area contributed by atoms with Gasteiger partial charge in [0, 0.05) is 25.4 Å². The Morgan fingerprint density at radius 1 is 1.48 bits per heavy atom. The number of urea groups is 1. The summed E-state index contributed by atoms with van der Waals surface area (Å²) in [4.78, 5) is 12.1. The lowest BCUT2D eigenvalue weighted by Crippen LogP contribution is -2.57. The Morgan fingerprint density at radius 3 is 2.76 bits per heavy atom. The number of aliphatic hydroxyl groups is 1. The summed E-state index contributed by atoms with van der Waals surface area (Å²) < 4.78 is 1.70. The van der Waals surface area contributed by atoms with E-state index in [1.165, 1.54) is 19.3 Å². The molecule has 1 saturated carbocycles. The molecule has 0 saturated heterocycles. The SMILES string of the molecule is Cn1cc(CNC(=O)NC(C)(CO)C2CCCCC2)cn1. The minimum atomic E-state index is -0.542. The molecule has 1 heterocycles. The lowest BCUT2D eigenvalue weighted by Gasteiger charge is -2.39. The highest BCUT2D eigenvalue weighted by molar-refractivity contribution is 5.74. The Hall–Kier alpha value is -1.56. The summed E-state index contributed by atoms with van der Waals surface area (Å²) >= 11 is 0. The Morgan fingerprint density at radius 2 is 2.19 bits per heavy atom. The second kappa shape index (κ2) is 6.93. The van der Waals surface area contributed by atoms with Gasteiger partial charge in [-0.05, 0) is 25.7 Å². The molecule has 1 aliphatic carbocycles. The molecule has 0 aromatic carbocycles. The van der Waals surface area contributed by atoms with Gasteiger partial charge in [-0.2, -0.15) is 5.10 Å². The van der Waals surface area contributed by atoms with Crippen molar-refractivity contribution in [3.05, 3.63) is 18.0 Å². The number of nitrogens with zero attached hydrogens (tertiary/aromatic N) is 2. The molecule has 1 fully saturated rings. The molecule has 1 unspecified atom stereocenters. The Bertz CT molecular complexity index is 468. The molecule has 2 amide bonds. The number of rotatable bonds is 5. The average Bonchev–Trinajstić information content (AvgIpc) is 2.91. The van der Waals surface area contributed by atoms with Crippen LogP contribution in [0.3, 0.4) is 0 Å². The van der Waals surface area contributed by atoms with Crippen LogP contribution >= 0.6 is 0 Å². The highest BCUT2D eigenvalue weighted by atomic mass is 16.3. The number of hydrogen-bond donors (Lipinski definition) is 3. The van der Waals surface area contributed by atoms with Gasteiger partial charge in [0.25, 0.3) is 0 Å². The van der Waals surface area contributed by atoms with Gasteiger partial charge < -0.3 is 15.7 Å². The fourth-order valence-electron chi connectivity index (χ4n) is 3.06. The summed E-state index contributed by atoms with van der Waals surface area (Å²) in [5, 5.41) is 19.6. The maximum absolute atomic E-state index is 12.1. The minimum Gasteiger partial charge on any atom is -0.394 e. The van der Waals surface area contributed by atoms with Crippen LogP contribution in [0.1, 0.15) is 44.6 Å². The molecule has 0 aliphatic heterocycles. The van der Waals surface area contributed by atoms with Crippen molar-refractivity contribution in [1.82, 2.24) is 20.4 Å². The fraction of sp³-hybridized carbons (Fsp3) is 0.733. The molecular formula is C15H26N4O2. The first-order valence-electron chi connectivity index (χ1n) is 7.68. The minimum absolute atomic E-state index is 0.0298. The summed E-state index contributed by atoms with van der Waals surface area (Å²) in [6.07, 6.45) is 9.35. The normalized spacial score (nSPS) is 19.0. The van der Waals surface area contributed by atoms with E-state index in [1.807, 2.05) is 20.2 Å². The number of carbonyl (C=O) groups excluding carboxylic acids is 1. The molecule has 2 rings (SSSR count). The molecule has 6 nitrogen and oxygen atoms in total. The van der Waals surface area contributed by atoms with Crippen molar-refractivity contribution in [3.8, 4) is 0 Å². The largest absolute Gasteiger partial charge is 0.394 e. The molecule has 1 aliphatic rings. The van der Waals surface area contributed by atoms with Crippen molar-refractivity contribution < 1.29 is 9.90 Å². The molecule has 0 spiro atoms. The van der Waals surface area contributed by atoms with E-state index < -0.39 is 5.54 Å². The second-order valence-corrected chi connectivity index (χ2v) is 6.24. The third kappa shape index (κ3) is 4.20. The number of aryl methyl sites for hydroxylation is 1. The van der Waals surface area contributed by atoms with Gasteiger partial charge in [0.2, 0.25) is 0 Å². The molecule has 0 radical (unpaired) electrons. The van der Waals surface area contributed by atoms with Crippen LogP contribution in [-0.2, 0) is 13.6 Å². The third-order valence-electron chi connectivity index (χ3n) is 4.45. The van der Waals surface area contributed by atoms with Gasteiger partial charge >= 0.3 is 6.03 Å². The van der Waals surface area contributed by atoms with Gasteiger partial charge in [0.05, 0.1) is 18.3 Å². The molecule has 1 aromatic rings. The van der Waals surface area contributed by atoms with Crippen molar-refractivity contribution in [1.29, 1.82) is 0 Å². The predicted molar refractivity (Wildman–Crippen MR) is 80.6 cm³/mol. The van der Waals surface area contributed by atoms with Crippen LogP contribution in [0.15, 0.2) is 12.4 Å². The van der Waals surface area contributed by atoms with Gasteiger partial charge in [-0.25, -0.2) is 4.79 Å². The first kappa shape index (κ1) is 15.8. The number of hydrogen-bond acceptors (Lipinski definition) is 3. The van der Waals surface area contributed by atoms with Gasteiger partial charge in [-0.3, -0.25) is 4.68 Å². The molecule has 1 aromatic heterocycles. The topological polar surface area (TPSA) is 79.2 Å².